The van der Waals surface area contributed by atoms with Crippen molar-refractivity contribution in [1.82, 2.24) is 10.3 Å². The smallest absolute Gasteiger partial charge is 0.0798 e. The topological polar surface area (TPSA) is 34.2 Å². The van der Waals surface area contributed by atoms with Crippen LogP contribution < -0.4 is 5.32 Å². The summed E-state index contributed by atoms with van der Waals surface area (Å²) in [4.78, 5) is 5.59. The van der Waals surface area contributed by atoms with E-state index in [1.165, 1.54) is 24.1 Å². The molecule has 1 saturated heterocycles. The minimum atomic E-state index is 0.490. The summed E-state index contributed by atoms with van der Waals surface area (Å²) < 4.78 is 5.69. The first-order valence-corrected chi connectivity index (χ1v) is 6.95. The molecule has 90 valence electrons. The molecular weight excluding hydrogens is 220 g/mol. The second-order valence-corrected chi connectivity index (χ2v) is 5.25. The van der Waals surface area contributed by atoms with E-state index in [4.69, 9.17) is 4.74 Å². The summed E-state index contributed by atoms with van der Waals surface area (Å²) in [5, 5.41) is 3.47. The van der Waals surface area contributed by atoms with Gasteiger partial charge in [-0.25, -0.2) is 4.98 Å². The van der Waals surface area contributed by atoms with Crippen molar-refractivity contribution >= 4 is 11.3 Å². The van der Waals surface area contributed by atoms with Crippen LogP contribution in [0.1, 0.15) is 36.3 Å². The van der Waals surface area contributed by atoms with Gasteiger partial charge in [-0.05, 0) is 39.2 Å². The molecule has 0 aliphatic carbocycles. The average Bonchev–Trinajstić information content (AvgIpc) is 2.72. The van der Waals surface area contributed by atoms with Crippen LogP contribution in [0.25, 0.3) is 0 Å². The Balaban J connectivity index is 1.59. The lowest BCUT2D eigenvalue weighted by Gasteiger charge is -2.22. The number of ether oxygens (including phenoxy) is 1. The van der Waals surface area contributed by atoms with Crippen LogP contribution in [-0.4, -0.2) is 24.2 Å². The predicted octanol–water partition coefficient (Wildman–Crippen LogP) is 2.50. The van der Waals surface area contributed by atoms with Gasteiger partial charge in [-0.3, -0.25) is 0 Å². The molecule has 0 spiro atoms. The van der Waals surface area contributed by atoms with Crippen LogP contribution in [0.3, 0.4) is 0 Å². The summed E-state index contributed by atoms with van der Waals surface area (Å²) in [7, 11) is 0. The van der Waals surface area contributed by atoms with Gasteiger partial charge in [-0.2, -0.15) is 0 Å². The predicted molar refractivity (Wildman–Crippen MR) is 66.8 cm³/mol. The quantitative estimate of drug-likeness (QED) is 0.803. The molecule has 1 aliphatic rings. The van der Waals surface area contributed by atoms with Gasteiger partial charge < -0.3 is 10.1 Å². The summed E-state index contributed by atoms with van der Waals surface area (Å²) in [5.74, 6) is 0. The minimum Gasteiger partial charge on any atom is -0.378 e. The highest BCUT2D eigenvalue weighted by Crippen LogP contribution is 2.15. The Morgan fingerprint density at radius 2 is 2.50 bits per heavy atom. The molecule has 1 unspecified atom stereocenters. The molecule has 2 rings (SSSR count). The Morgan fingerprint density at radius 1 is 1.56 bits per heavy atom. The summed E-state index contributed by atoms with van der Waals surface area (Å²) in [6.07, 6.45) is 5.44. The van der Waals surface area contributed by atoms with Crippen molar-refractivity contribution in [3.8, 4) is 0 Å². The highest BCUT2D eigenvalue weighted by atomic mass is 32.1. The molecule has 0 aromatic carbocycles. The van der Waals surface area contributed by atoms with E-state index in [1.54, 1.807) is 11.3 Å². The lowest BCUT2D eigenvalue weighted by Crippen LogP contribution is -2.25. The molecular formula is C12H20N2OS. The van der Waals surface area contributed by atoms with Gasteiger partial charge in [-0.15, -0.1) is 11.3 Å². The molecule has 1 aliphatic heterocycles. The van der Waals surface area contributed by atoms with E-state index in [9.17, 15) is 0 Å². The average molecular weight is 240 g/mol. The Hall–Kier alpha value is -0.450. The number of aryl methyl sites for hydroxylation is 1. The standard InChI is InChI=1S/C12H20N2OS/c1-10-12(16-9-14-10)8-13-6-5-11-4-2-3-7-15-11/h9,11,13H,2-8H2,1H3. The number of nitrogens with zero attached hydrogens (tertiary/aromatic N) is 1. The normalized spacial score (nSPS) is 21.2. The largest absolute Gasteiger partial charge is 0.378 e. The summed E-state index contributed by atoms with van der Waals surface area (Å²) in [6.45, 7) is 5.02. The second-order valence-electron chi connectivity index (χ2n) is 4.31. The van der Waals surface area contributed by atoms with Crippen LogP contribution in [0.15, 0.2) is 5.51 Å². The van der Waals surface area contributed by atoms with Crippen LogP contribution in [0.2, 0.25) is 0 Å². The Labute approximate surface area is 101 Å². The van der Waals surface area contributed by atoms with Crippen LogP contribution >= 0.6 is 11.3 Å². The van der Waals surface area contributed by atoms with Crippen molar-refractivity contribution in [2.24, 2.45) is 0 Å². The van der Waals surface area contributed by atoms with E-state index in [1.807, 2.05) is 5.51 Å². The summed E-state index contributed by atoms with van der Waals surface area (Å²) in [5.41, 5.74) is 3.07. The molecule has 1 fully saturated rings. The summed E-state index contributed by atoms with van der Waals surface area (Å²) in [6, 6.07) is 0. The van der Waals surface area contributed by atoms with Crippen LogP contribution in [0.4, 0.5) is 0 Å². The van der Waals surface area contributed by atoms with Gasteiger partial charge in [0, 0.05) is 18.0 Å². The number of hydrogen-bond acceptors (Lipinski definition) is 4. The zero-order chi connectivity index (χ0) is 11.2. The first-order valence-electron chi connectivity index (χ1n) is 6.07. The maximum atomic E-state index is 5.69. The zero-order valence-corrected chi connectivity index (χ0v) is 10.7. The fourth-order valence-corrected chi connectivity index (χ4v) is 2.74. The van der Waals surface area contributed by atoms with E-state index in [-0.39, 0.29) is 0 Å². The van der Waals surface area contributed by atoms with Gasteiger partial charge in [0.1, 0.15) is 0 Å². The number of hydrogen-bond donors (Lipinski definition) is 1. The Bertz CT molecular complexity index is 308. The van der Waals surface area contributed by atoms with Crippen molar-refractivity contribution in [3.05, 3.63) is 16.1 Å². The van der Waals surface area contributed by atoms with Crippen molar-refractivity contribution in [3.63, 3.8) is 0 Å². The highest BCUT2D eigenvalue weighted by molar-refractivity contribution is 7.09. The fourth-order valence-electron chi connectivity index (χ4n) is 2.00. The molecule has 1 atom stereocenters. The van der Waals surface area contributed by atoms with E-state index in [0.717, 1.165) is 31.8 Å². The second kappa shape index (κ2) is 6.33. The van der Waals surface area contributed by atoms with Gasteiger partial charge in [0.05, 0.1) is 17.3 Å². The lowest BCUT2D eigenvalue weighted by molar-refractivity contribution is 0.0115. The maximum Gasteiger partial charge on any atom is 0.0798 e. The van der Waals surface area contributed by atoms with E-state index >= 15 is 0 Å². The lowest BCUT2D eigenvalue weighted by atomic mass is 10.1. The highest BCUT2D eigenvalue weighted by Gasteiger charge is 2.12. The van der Waals surface area contributed by atoms with E-state index in [2.05, 4.69) is 17.2 Å². The molecule has 1 N–H and O–H groups in total. The van der Waals surface area contributed by atoms with Gasteiger partial charge in [0.25, 0.3) is 0 Å². The Kier molecular flexibility index (Phi) is 4.75. The molecule has 3 nitrogen and oxygen atoms in total. The number of nitrogens with one attached hydrogen (secondary N) is 1. The van der Waals surface area contributed by atoms with Crippen LogP contribution in [0, 0.1) is 6.92 Å². The van der Waals surface area contributed by atoms with E-state index < -0.39 is 0 Å². The molecule has 0 saturated carbocycles. The van der Waals surface area contributed by atoms with Crippen LogP contribution in [0.5, 0.6) is 0 Å². The third kappa shape index (κ3) is 3.54. The van der Waals surface area contributed by atoms with Crippen molar-refractivity contribution in [1.29, 1.82) is 0 Å². The van der Waals surface area contributed by atoms with Crippen molar-refractivity contribution < 1.29 is 4.74 Å². The molecule has 16 heavy (non-hydrogen) atoms. The molecule has 0 amide bonds. The molecule has 0 radical (unpaired) electrons. The van der Waals surface area contributed by atoms with Crippen LogP contribution in [-0.2, 0) is 11.3 Å². The molecule has 0 bridgehead atoms. The first kappa shape index (κ1) is 12.0. The summed E-state index contributed by atoms with van der Waals surface area (Å²) >= 11 is 1.73. The fraction of sp³-hybridized carbons (Fsp3) is 0.750. The Morgan fingerprint density at radius 3 is 3.19 bits per heavy atom. The maximum absolute atomic E-state index is 5.69. The van der Waals surface area contributed by atoms with Crippen molar-refractivity contribution in [2.75, 3.05) is 13.2 Å². The molecule has 4 heteroatoms. The third-order valence-electron chi connectivity index (χ3n) is 3.05. The molecule has 2 heterocycles. The number of aromatic nitrogens is 1. The minimum absolute atomic E-state index is 0.490. The SMILES string of the molecule is Cc1ncsc1CNCCC1CCCCO1. The zero-order valence-electron chi connectivity index (χ0n) is 9.87. The van der Waals surface area contributed by atoms with E-state index in [0.29, 0.717) is 6.10 Å². The molecule has 1 aromatic rings. The number of rotatable bonds is 5. The van der Waals surface area contributed by atoms with Gasteiger partial charge >= 0.3 is 0 Å². The number of thiazole rings is 1. The first-order chi connectivity index (χ1) is 7.86. The van der Waals surface area contributed by atoms with Gasteiger partial charge in [0.15, 0.2) is 0 Å². The molecule has 1 aromatic heterocycles. The van der Waals surface area contributed by atoms with Gasteiger partial charge in [-0.1, -0.05) is 0 Å². The monoisotopic (exact) mass is 240 g/mol. The van der Waals surface area contributed by atoms with Gasteiger partial charge in [0.2, 0.25) is 0 Å². The van der Waals surface area contributed by atoms with Crippen molar-refractivity contribution in [2.45, 2.75) is 45.3 Å². The third-order valence-corrected chi connectivity index (χ3v) is 3.98.